The number of thiophene rings is 1. The number of carboxylic acid groups (broad SMARTS) is 2. The number of amides is 3. The molecule has 2 fully saturated rings. The summed E-state index contributed by atoms with van der Waals surface area (Å²) >= 11 is 2.54. The summed E-state index contributed by atoms with van der Waals surface area (Å²) in [5.41, 5.74) is 0.377. The lowest BCUT2D eigenvalue weighted by atomic mass is 9.94. The summed E-state index contributed by atoms with van der Waals surface area (Å²) < 4.78 is -0.739. The van der Waals surface area contributed by atoms with Crippen molar-refractivity contribution >= 4 is 52.8 Å². The number of nitrogens with zero attached hydrogens (tertiary/aromatic N) is 1. The van der Waals surface area contributed by atoms with E-state index in [1.165, 1.54) is 28.0 Å². The number of aliphatic carboxylic acids is 2. The highest BCUT2D eigenvalue weighted by molar-refractivity contribution is 8.01. The molecule has 4 atom stereocenters. The predicted octanol–water partition coefficient (Wildman–Crippen LogP) is -0.336. The molecule has 0 saturated carbocycles. The summed E-state index contributed by atoms with van der Waals surface area (Å²) in [4.78, 5) is 61.3. The first-order valence-electron chi connectivity index (χ1n) is 8.59. The Hall–Kier alpha value is -2.60. The molecule has 12 heteroatoms. The summed E-state index contributed by atoms with van der Waals surface area (Å²) in [6.07, 6.45) is 0. The van der Waals surface area contributed by atoms with E-state index in [0.29, 0.717) is 5.56 Å². The minimum absolute atomic E-state index is 0.377. The molecule has 1 aromatic heterocycles. The highest BCUT2D eigenvalue weighted by Gasteiger charge is 2.64. The number of carbonyl (C=O) groups excluding carboxylic acids is 3. The van der Waals surface area contributed by atoms with Crippen LogP contribution in [-0.2, 0) is 24.0 Å². The van der Waals surface area contributed by atoms with Gasteiger partial charge in [-0.1, -0.05) is 0 Å². The Bertz CT molecular complexity index is 870. The summed E-state index contributed by atoms with van der Waals surface area (Å²) in [6, 6.07) is -0.396. The molecule has 0 aliphatic carbocycles. The summed E-state index contributed by atoms with van der Waals surface area (Å²) in [5.74, 6) is -5.76. The van der Waals surface area contributed by atoms with Crippen molar-refractivity contribution in [3.8, 4) is 0 Å². The molecule has 156 valence electrons. The predicted molar refractivity (Wildman–Crippen MR) is 103 cm³/mol. The quantitative estimate of drug-likeness (QED) is 0.331. The van der Waals surface area contributed by atoms with Gasteiger partial charge in [0, 0.05) is 4.75 Å². The Morgan fingerprint density at radius 1 is 1.24 bits per heavy atom. The lowest BCUT2D eigenvalue weighted by molar-refractivity contribution is -0.161. The molecule has 29 heavy (non-hydrogen) atoms. The number of rotatable bonds is 7. The van der Waals surface area contributed by atoms with Gasteiger partial charge in [0.05, 0.1) is 0 Å². The van der Waals surface area contributed by atoms with Gasteiger partial charge in [-0.05, 0) is 36.2 Å². The Balaban J connectivity index is 1.76. The third kappa shape index (κ3) is 3.81. The van der Waals surface area contributed by atoms with Crippen molar-refractivity contribution in [1.82, 2.24) is 15.5 Å². The average molecular weight is 441 g/mol. The van der Waals surface area contributed by atoms with Crippen LogP contribution in [0.15, 0.2) is 16.8 Å². The molecular weight excluding hydrogens is 422 g/mol. The largest absolute Gasteiger partial charge is 0.480 e. The second kappa shape index (κ2) is 7.67. The van der Waals surface area contributed by atoms with Crippen LogP contribution >= 0.6 is 23.1 Å². The van der Waals surface area contributed by atoms with E-state index in [9.17, 15) is 29.1 Å². The molecule has 10 nitrogen and oxygen atoms in total. The van der Waals surface area contributed by atoms with Crippen LogP contribution in [0.4, 0.5) is 0 Å². The number of nitrogens with one attached hydrogen (secondary N) is 2. The lowest BCUT2D eigenvalue weighted by Gasteiger charge is -2.43. The Kier molecular flexibility index (Phi) is 5.59. The van der Waals surface area contributed by atoms with E-state index in [4.69, 9.17) is 5.11 Å². The standard InChI is InChI=1S/C17H19N3O7S2/c1-17(2)11(16(26)27)20-14(25)10(15(20)29-17)19-13(24)9(7-3-4-28-6-7)12(23)18-5-8(21)22/h3-4,6,9-11,15H,5H2,1-2H3,(H,18,23)(H,19,24)(H,21,22)(H,26,27)/t9-,10+,11-,15+/m0/s1. The van der Waals surface area contributed by atoms with E-state index in [2.05, 4.69) is 10.6 Å². The Morgan fingerprint density at radius 3 is 2.48 bits per heavy atom. The number of β-lactam (4-membered cyclic amide) rings is 1. The fourth-order valence-electron chi connectivity index (χ4n) is 3.51. The minimum atomic E-state index is -1.32. The smallest absolute Gasteiger partial charge is 0.327 e. The fourth-order valence-corrected chi connectivity index (χ4v) is 5.82. The van der Waals surface area contributed by atoms with E-state index < -0.39 is 64.3 Å². The minimum Gasteiger partial charge on any atom is -0.480 e. The Morgan fingerprint density at radius 2 is 1.93 bits per heavy atom. The first kappa shape index (κ1) is 21.1. The van der Waals surface area contributed by atoms with Gasteiger partial charge in [-0.15, -0.1) is 11.8 Å². The number of carbonyl (C=O) groups is 5. The first-order chi connectivity index (χ1) is 13.5. The van der Waals surface area contributed by atoms with Crippen molar-refractivity contribution in [3.63, 3.8) is 0 Å². The second-order valence-corrected chi connectivity index (χ2v) is 9.74. The monoisotopic (exact) mass is 441 g/mol. The highest BCUT2D eigenvalue weighted by atomic mass is 32.2. The van der Waals surface area contributed by atoms with Crippen LogP contribution in [0.25, 0.3) is 0 Å². The number of carboxylic acids is 2. The van der Waals surface area contributed by atoms with Crippen molar-refractivity contribution in [2.24, 2.45) is 0 Å². The van der Waals surface area contributed by atoms with Crippen molar-refractivity contribution in [2.75, 3.05) is 6.54 Å². The maximum atomic E-state index is 12.8. The molecule has 4 N–H and O–H groups in total. The molecule has 3 rings (SSSR count). The summed E-state index contributed by atoms with van der Waals surface area (Å²) in [5, 5.41) is 25.6. The van der Waals surface area contributed by atoms with Crippen molar-refractivity contribution < 1.29 is 34.2 Å². The molecule has 2 saturated heterocycles. The summed E-state index contributed by atoms with van der Waals surface area (Å²) in [6.45, 7) is 2.79. The van der Waals surface area contributed by atoms with E-state index >= 15 is 0 Å². The van der Waals surface area contributed by atoms with Gasteiger partial charge in [0.2, 0.25) is 17.7 Å². The van der Waals surface area contributed by atoms with E-state index in [1.54, 1.807) is 30.7 Å². The number of hydrogen-bond donors (Lipinski definition) is 4. The van der Waals surface area contributed by atoms with E-state index in [1.807, 2.05) is 0 Å². The first-order valence-corrected chi connectivity index (χ1v) is 10.4. The van der Waals surface area contributed by atoms with Crippen LogP contribution in [0.5, 0.6) is 0 Å². The maximum absolute atomic E-state index is 12.8. The van der Waals surface area contributed by atoms with Crippen LogP contribution < -0.4 is 10.6 Å². The van der Waals surface area contributed by atoms with Crippen molar-refractivity contribution in [2.45, 2.75) is 42.0 Å². The zero-order chi connectivity index (χ0) is 21.5. The molecule has 0 bridgehead atoms. The van der Waals surface area contributed by atoms with E-state index in [-0.39, 0.29) is 0 Å². The fraction of sp³-hybridized carbons (Fsp3) is 0.471. The van der Waals surface area contributed by atoms with Gasteiger partial charge >= 0.3 is 11.9 Å². The molecule has 0 aromatic carbocycles. The van der Waals surface area contributed by atoms with Gasteiger partial charge < -0.3 is 25.7 Å². The normalized spacial score (nSPS) is 25.5. The molecule has 2 aliphatic rings. The lowest BCUT2D eigenvalue weighted by Crippen LogP contribution is -2.71. The molecule has 3 amide bonds. The topological polar surface area (TPSA) is 153 Å². The number of thioether (sulfide) groups is 1. The molecule has 0 unspecified atom stereocenters. The van der Waals surface area contributed by atoms with Gasteiger partial charge in [-0.3, -0.25) is 19.2 Å². The summed E-state index contributed by atoms with van der Waals surface area (Å²) in [7, 11) is 0. The van der Waals surface area contributed by atoms with Crippen LogP contribution in [-0.4, -0.2) is 73.5 Å². The molecule has 3 heterocycles. The van der Waals surface area contributed by atoms with Crippen LogP contribution in [0.1, 0.15) is 25.3 Å². The third-order valence-electron chi connectivity index (χ3n) is 4.79. The van der Waals surface area contributed by atoms with Crippen LogP contribution in [0.2, 0.25) is 0 Å². The average Bonchev–Trinajstić information content (AvgIpc) is 3.22. The molecule has 0 radical (unpaired) electrons. The maximum Gasteiger partial charge on any atom is 0.327 e. The van der Waals surface area contributed by atoms with E-state index in [0.717, 1.165) is 0 Å². The van der Waals surface area contributed by atoms with Gasteiger partial charge in [0.1, 0.15) is 29.9 Å². The molecule has 0 spiro atoms. The number of hydrogen-bond acceptors (Lipinski definition) is 7. The SMILES string of the molecule is CC1(C)S[C@@H]2[C@H](NC(=O)[C@H](C(=O)NCC(=O)O)c3ccsc3)C(=O)N2[C@H]1C(=O)O. The highest BCUT2D eigenvalue weighted by Crippen LogP contribution is 2.50. The second-order valence-electron chi connectivity index (χ2n) is 7.19. The molecule has 2 aliphatic heterocycles. The zero-order valence-electron chi connectivity index (χ0n) is 15.4. The number of fused-ring (bicyclic) bond motifs is 1. The van der Waals surface area contributed by atoms with Crippen molar-refractivity contribution in [1.29, 1.82) is 0 Å². The van der Waals surface area contributed by atoms with Gasteiger partial charge in [0.15, 0.2) is 0 Å². The zero-order valence-corrected chi connectivity index (χ0v) is 17.1. The van der Waals surface area contributed by atoms with Gasteiger partial charge in [0.25, 0.3) is 0 Å². The third-order valence-corrected chi connectivity index (χ3v) is 7.06. The molecular formula is C17H19N3O7S2. The van der Waals surface area contributed by atoms with Gasteiger partial charge in [-0.2, -0.15) is 11.3 Å². The Labute approximate surface area is 173 Å². The van der Waals surface area contributed by atoms with Crippen molar-refractivity contribution in [3.05, 3.63) is 22.4 Å². The van der Waals surface area contributed by atoms with Crippen LogP contribution in [0.3, 0.4) is 0 Å². The van der Waals surface area contributed by atoms with Gasteiger partial charge in [-0.25, -0.2) is 4.79 Å². The van der Waals surface area contributed by atoms with Crippen LogP contribution in [0, 0.1) is 0 Å². The molecule has 1 aromatic rings.